The van der Waals surface area contributed by atoms with Crippen molar-refractivity contribution in [3.05, 3.63) is 34.4 Å². The SMILES string of the molecule is Cc1cc(C(F)(F)F)cc(C#N)c1C. The molecule has 14 heavy (non-hydrogen) atoms. The minimum atomic E-state index is -4.38. The number of halogens is 3. The van der Waals surface area contributed by atoms with Gasteiger partial charge in [0, 0.05) is 0 Å². The fourth-order valence-corrected chi connectivity index (χ4v) is 1.14. The third kappa shape index (κ3) is 1.87. The summed E-state index contributed by atoms with van der Waals surface area (Å²) in [4.78, 5) is 0. The van der Waals surface area contributed by atoms with Crippen LogP contribution in [0.15, 0.2) is 12.1 Å². The van der Waals surface area contributed by atoms with Crippen molar-refractivity contribution in [1.29, 1.82) is 5.26 Å². The first-order valence-electron chi connectivity index (χ1n) is 3.95. The third-order valence-corrected chi connectivity index (χ3v) is 2.12. The van der Waals surface area contributed by atoms with Gasteiger partial charge in [-0.2, -0.15) is 18.4 Å². The molecule has 1 rings (SSSR count). The van der Waals surface area contributed by atoms with Crippen LogP contribution in [0.25, 0.3) is 0 Å². The topological polar surface area (TPSA) is 23.8 Å². The van der Waals surface area contributed by atoms with Gasteiger partial charge in [-0.3, -0.25) is 0 Å². The lowest BCUT2D eigenvalue weighted by molar-refractivity contribution is -0.137. The molecule has 0 aliphatic rings. The molecule has 1 aromatic rings. The van der Waals surface area contributed by atoms with E-state index in [1.165, 1.54) is 0 Å². The molecule has 74 valence electrons. The maximum atomic E-state index is 12.3. The van der Waals surface area contributed by atoms with E-state index in [9.17, 15) is 13.2 Å². The van der Waals surface area contributed by atoms with Crippen LogP contribution in [0.4, 0.5) is 13.2 Å². The highest BCUT2D eigenvalue weighted by atomic mass is 19.4. The average Bonchev–Trinajstić information content (AvgIpc) is 2.07. The monoisotopic (exact) mass is 199 g/mol. The van der Waals surface area contributed by atoms with Gasteiger partial charge < -0.3 is 0 Å². The Kier molecular flexibility index (Phi) is 2.52. The largest absolute Gasteiger partial charge is 0.416 e. The molecule has 0 radical (unpaired) electrons. The molecule has 0 heterocycles. The fraction of sp³-hybridized carbons (Fsp3) is 0.300. The van der Waals surface area contributed by atoms with Gasteiger partial charge in [0.2, 0.25) is 0 Å². The fourth-order valence-electron chi connectivity index (χ4n) is 1.14. The second-order valence-electron chi connectivity index (χ2n) is 3.08. The van der Waals surface area contributed by atoms with Crippen LogP contribution in [0.3, 0.4) is 0 Å². The van der Waals surface area contributed by atoms with Crippen LogP contribution in [-0.2, 0) is 6.18 Å². The molecule has 0 unspecified atom stereocenters. The average molecular weight is 199 g/mol. The van der Waals surface area contributed by atoms with E-state index in [-0.39, 0.29) is 5.56 Å². The first-order chi connectivity index (χ1) is 6.36. The van der Waals surface area contributed by atoms with E-state index in [0.717, 1.165) is 12.1 Å². The van der Waals surface area contributed by atoms with Crippen molar-refractivity contribution in [1.82, 2.24) is 0 Å². The normalized spacial score (nSPS) is 11.1. The van der Waals surface area contributed by atoms with Gasteiger partial charge in [0.25, 0.3) is 0 Å². The molecule has 0 bridgehead atoms. The van der Waals surface area contributed by atoms with Crippen molar-refractivity contribution in [2.75, 3.05) is 0 Å². The number of alkyl halides is 3. The third-order valence-electron chi connectivity index (χ3n) is 2.12. The van der Waals surface area contributed by atoms with Crippen molar-refractivity contribution in [2.24, 2.45) is 0 Å². The summed E-state index contributed by atoms with van der Waals surface area (Å²) in [5, 5.41) is 8.62. The first kappa shape index (κ1) is 10.6. The summed E-state index contributed by atoms with van der Waals surface area (Å²) in [7, 11) is 0. The summed E-state index contributed by atoms with van der Waals surface area (Å²) in [6.07, 6.45) is -4.38. The number of hydrogen-bond acceptors (Lipinski definition) is 1. The van der Waals surface area contributed by atoms with E-state index in [1.807, 2.05) is 0 Å². The lowest BCUT2D eigenvalue weighted by Gasteiger charge is -2.10. The Morgan fingerprint density at radius 1 is 1.21 bits per heavy atom. The van der Waals surface area contributed by atoms with Crippen molar-refractivity contribution >= 4 is 0 Å². The van der Waals surface area contributed by atoms with Crippen LogP contribution >= 0.6 is 0 Å². The maximum Gasteiger partial charge on any atom is 0.416 e. The molecular formula is C10H8F3N. The van der Waals surface area contributed by atoms with Gasteiger partial charge >= 0.3 is 6.18 Å². The van der Waals surface area contributed by atoms with E-state index in [1.54, 1.807) is 19.9 Å². The van der Waals surface area contributed by atoms with Gasteiger partial charge in [0.1, 0.15) is 0 Å². The van der Waals surface area contributed by atoms with Gasteiger partial charge in [-0.25, -0.2) is 0 Å². The summed E-state index contributed by atoms with van der Waals surface area (Å²) in [5.74, 6) is 0. The van der Waals surface area contributed by atoms with Crippen molar-refractivity contribution in [2.45, 2.75) is 20.0 Å². The number of aryl methyl sites for hydroxylation is 1. The summed E-state index contributed by atoms with van der Waals surface area (Å²) in [5.41, 5.74) is 0.395. The molecule has 0 atom stereocenters. The maximum absolute atomic E-state index is 12.3. The number of nitriles is 1. The second kappa shape index (κ2) is 3.33. The highest BCUT2D eigenvalue weighted by Crippen LogP contribution is 2.31. The Morgan fingerprint density at radius 2 is 1.79 bits per heavy atom. The minimum absolute atomic E-state index is 0.0809. The number of benzene rings is 1. The Labute approximate surface area is 79.8 Å². The highest BCUT2D eigenvalue weighted by molar-refractivity contribution is 5.45. The summed E-state index contributed by atoms with van der Waals surface area (Å²) < 4.78 is 36.9. The Balaban J connectivity index is 3.40. The molecule has 0 aromatic heterocycles. The Bertz CT molecular complexity index is 399. The van der Waals surface area contributed by atoms with Crippen LogP contribution in [0.2, 0.25) is 0 Å². The van der Waals surface area contributed by atoms with E-state index < -0.39 is 11.7 Å². The molecule has 0 aliphatic heterocycles. The zero-order valence-electron chi connectivity index (χ0n) is 7.74. The lowest BCUT2D eigenvalue weighted by Crippen LogP contribution is -2.06. The molecule has 0 N–H and O–H groups in total. The van der Waals surface area contributed by atoms with Crippen LogP contribution in [0.1, 0.15) is 22.3 Å². The lowest BCUT2D eigenvalue weighted by atomic mass is 10.0. The molecule has 0 fully saturated rings. The molecule has 0 aliphatic carbocycles. The van der Waals surface area contributed by atoms with Crippen LogP contribution in [0, 0.1) is 25.2 Å². The van der Waals surface area contributed by atoms with Gasteiger partial charge in [-0.05, 0) is 37.1 Å². The number of hydrogen-bond donors (Lipinski definition) is 0. The van der Waals surface area contributed by atoms with Crippen LogP contribution in [0.5, 0.6) is 0 Å². The van der Waals surface area contributed by atoms with Crippen LogP contribution < -0.4 is 0 Å². The molecular weight excluding hydrogens is 191 g/mol. The zero-order valence-corrected chi connectivity index (χ0v) is 7.74. The van der Waals surface area contributed by atoms with Gasteiger partial charge in [0.15, 0.2) is 0 Å². The molecule has 1 nitrogen and oxygen atoms in total. The first-order valence-corrected chi connectivity index (χ1v) is 3.95. The number of rotatable bonds is 0. The number of nitrogens with zero attached hydrogens (tertiary/aromatic N) is 1. The molecule has 0 amide bonds. The van der Waals surface area contributed by atoms with Gasteiger partial charge in [0.05, 0.1) is 17.2 Å². The van der Waals surface area contributed by atoms with E-state index >= 15 is 0 Å². The Hall–Kier alpha value is -1.50. The van der Waals surface area contributed by atoms with E-state index in [4.69, 9.17) is 5.26 Å². The molecule has 0 saturated carbocycles. The smallest absolute Gasteiger partial charge is 0.192 e. The molecule has 0 spiro atoms. The summed E-state index contributed by atoms with van der Waals surface area (Å²) in [6, 6.07) is 3.68. The Morgan fingerprint density at radius 3 is 2.21 bits per heavy atom. The zero-order chi connectivity index (χ0) is 10.9. The molecule has 0 saturated heterocycles. The summed E-state index contributed by atoms with van der Waals surface area (Å²) in [6.45, 7) is 3.19. The van der Waals surface area contributed by atoms with Crippen LogP contribution in [-0.4, -0.2) is 0 Å². The predicted molar refractivity (Wildman–Crippen MR) is 45.6 cm³/mol. The van der Waals surface area contributed by atoms with Crippen molar-refractivity contribution in [3.63, 3.8) is 0 Å². The van der Waals surface area contributed by atoms with Gasteiger partial charge in [-0.1, -0.05) is 0 Å². The molecule has 1 aromatic carbocycles. The van der Waals surface area contributed by atoms with E-state index in [0.29, 0.717) is 11.1 Å². The van der Waals surface area contributed by atoms with Crippen molar-refractivity contribution < 1.29 is 13.2 Å². The quantitative estimate of drug-likeness (QED) is 0.629. The van der Waals surface area contributed by atoms with Gasteiger partial charge in [-0.15, -0.1) is 0 Å². The summed E-state index contributed by atoms with van der Waals surface area (Å²) >= 11 is 0. The standard InChI is InChI=1S/C10H8F3N/c1-6-3-9(10(11,12)13)4-8(5-14)7(6)2/h3-4H,1-2H3. The highest BCUT2D eigenvalue weighted by Gasteiger charge is 2.31. The predicted octanol–water partition coefficient (Wildman–Crippen LogP) is 3.19. The second-order valence-corrected chi connectivity index (χ2v) is 3.08. The van der Waals surface area contributed by atoms with E-state index in [2.05, 4.69) is 0 Å². The molecule has 4 heteroatoms. The van der Waals surface area contributed by atoms with Crippen molar-refractivity contribution in [3.8, 4) is 6.07 Å². The minimum Gasteiger partial charge on any atom is -0.192 e.